The summed E-state index contributed by atoms with van der Waals surface area (Å²) in [6.45, 7) is 7.85. The van der Waals surface area contributed by atoms with Crippen molar-refractivity contribution in [1.82, 2.24) is 10.9 Å². The van der Waals surface area contributed by atoms with Gasteiger partial charge in [0, 0.05) is 0 Å². The van der Waals surface area contributed by atoms with Crippen LogP contribution in [-0.2, 0) is 10.2 Å². The van der Waals surface area contributed by atoms with Crippen LogP contribution in [0.5, 0.6) is 5.75 Å². The summed E-state index contributed by atoms with van der Waals surface area (Å²) in [4.78, 5) is 23.5. The maximum atomic E-state index is 11.8. The molecule has 0 saturated heterocycles. The highest BCUT2D eigenvalue weighted by Gasteiger charge is 2.14. The Morgan fingerprint density at radius 3 is 2.29 bits per heavy atom. The molecule has 0 bridgehead atoms. The molecule has 0 unspecified atom stereocenters. The summed E-state index contributed by atoms with van der Waals surface area (Å²) in [6.07, 6.45) is 1.41. The normalized spacial score (nSPS) is 11.0. The van der Waals surface area contributed by atoms with Crippen molar-refractivity contribution in [3.05, 3.63) is 53.5 Å². The molecule has 0 spiro atoms. The first-order chi connectivity index (χ1) is 11.3. The summed E-state index contributed by atoms with van der Waals surface area (Å²) >= 11 is 0. The van der Waals surface area contributed by atoms with E-state index in [1.54, 1.807) is 6.92 Å². The number of carbonyl (C=O) groups is 2. The molecule has 128 valence electrons. The second-order valence-corrected chi connectivity index (χ2v) is 6.46. The predicted molar refractivity (Wildman–Crippen MR) is 89.7 cm³/mol. The van der Waals surface area contributed by atoms with Gasteiger partial charge in [-0.3, -0.25) is 20.4 Å². The Labute approximate surface area is 141 Å². The number of hydrazine groups is 1. The molecule has 0 radical (unpaired) electrons. The van der Waals surface area contributed by atoms with Crippen LogP contribution >= 0.6 is 0 Å². The van der Waals surface area contributed by atoms with Gasteiger partial charge in [-0.1, -0.05) is 32.9 Å². The van der Waals surface area contributed by atoms with Crippen molar-refractivity contribution in [1.29, 1.82) is 0 Å². The van der Waals surface area contributed by atoms with Crippen LogP contribution < -0.4 is 15.6 Å². The van der Waals surface area contributed by atoms with E-state index < -0.39 is 11.8 Å². The number of ether oxygens (including phenoxy) is 1. The van der Waals surface area contributed by atoms with Gasteiger partial charge in [-0.05, 0) is 36.1 Å². The molecule has 2 amide bonds. The molecular weight excluding hydrogens is 308 g/mol. The zero-order valence-electron chi connectivity index (χ0n) is 14.3. The molecule has 0 fully saturated rings. The number of hydrogen-bond acceptors (Lipinski definition) is 4. The molecule has 6 nitrogen and oxygen atoms in total. The van der Waals surface area contributed by atoms with Crippen molar-refractivity contribution in [2.75, 3.05) is 6.61 Å². The van der Waals surface area contributed by atoms with E-state index in [0.717, 1.165) is 0 Å². The third-order valence-electron chi connectivity index (χ3n) is 3.51. The van der Waals surface area contributed by atoms with Gasteiger partial charge in [0.1, 0.15) is 11.5 Å². The Hall–Kier alpha value is -2.76. The fourth-order valence-corrected chi connectivity index (χ4v) is 2.05. The lowest BCUT2D eigenvalue weighted by Gasteiger charge is -2.19. The van der Waals surface area contributed by atoms with Crippen molar-refractivity contribution < 1.29 is 18.7 Å². The number of nitrogens with one attached hydrogen (secondary N) is 2. The van der Waals surface area contributed by atoms with E-state index in [0.29, 0.717) is 17.1 Å². The molecular formula is C18H22N2O4. The summed E-state index contributed by atoms with van der Waals surface area (Å²) < 4.78 is 10.4. The van der Waals surface area contributed by atoms with Gasteiger partial charge in [0.25, 0.3) is 11.8 Å². The zero-order chi connectivity index (χ0) is 17.7. The Balaban J connectivity index is 1.79. The maximum Gasteiger partial charge on any atom is 0.276 e. The van der Waals surface area contributed by atoms with Gasteiger partial charge in [0.15, 0.2) is 6.61 Å². The highest BCUT2D eigenvalue weighted by Crippen LogP contribution is 2.24. The number of benzene rings is 1. The minimum atomic E-state index is -0.454. The minimum Gasteiger partial charge on any atom is -0.484 e. The highest BCUT2D eigenvalue weighted by molar-refractivity contribution is 5.96. The van der Waals surface area contributed by atoms with Crippen LogP contribution in [0.4, 0.5) is 0 Å². The fraction of sp³-hybridized carbons (Fsp3) is 0.333. The lowest BCUT2D eigenvalue weighted by Crippen LogP contribution is -2.43. The SMILES string of the molecule is Cc1occc1C(=O)NNC(=O)COc1ccc(C(C)(C)C)cc1. The molecule has 0 aliphatic heterocycles. The lowest BCUT2D eigenvalue weighted by molar-refractivity contribution is -0.123. The molecule has 2 rings (SSSR count). The number of amides is 2. The van der Waals surface area contributed by atoms with E-state index >= 15 is 0 Å². The second-order valence-electron chi connectivity index (χ2n) is 6.46. The first kappa shape index (κ1) is 17.6. The number of furan rings is 1. The predicted octanol–water partition coefficient (Wildman–Crippen LogP) is 2.73. The Morgan fingerprint density at radius 1 is 1.08 bits per heavy atom. The molecule has 0 aliphatic rings. The van der Waals surface area contributed by atoms with Crippen LogP contribution in [0.1, 0.15) is 42.5 Å². The standard InChI is InChI=1S/C18H22N2O4/c1-12-15(9-10-23-12)17(22)20-19-16(21)11-24-14-7-5-13(6-8-14)18(2,3)4/h5-10H,11H2,1-4H3,(H,19,21)(H,20,22). The van der Waals surface area contributed by atoms with Crippen molar-refractivity contribution in [2.45, 2.75) is 33.1 Å². The number of carbonyl (C=O) groups excluding carboxylic acids is 2. The van der Waals surface area contributed by atoms with Crippen LogP contribution in [0, 0.1) is 6.92 Å². The fourth-order valence-electron chi connectivity index (χ4n) is 2.05. The van der Waals surface area contributed by atoms with Crippen molar-refractivity contribution in [3.8, 4) is 5.75 Å². The molecule has 2 N–H and O–H groups in total. The van der Waals surface area contributed by atoms with E-state index in [-0.39, 0.29) is 12.0 Å². The van der Waals surface area contributed by atoms with Crippen LogP contribution in [-0.4, -0.2) is 18.4 Å². The van der Waals surface area contributed by atoms with Crippen LogP contribution in [0.2, 0.25) is 0 Å². The zero-order valence-corrected chi connectivity index (χ0v) is 14.3. The summed E-state index contributed by atoms with van der Waals surface area (Å²) in [5, 5.41) is 0. The maximum absolute atomic E-state index is 11.8. The smallest absolute Gasteiger partial charge is 0.276 e. The quantitative estimate of drug-likeness (QED) is 0.845. The van der Waals surface area contributed by atoms with E-state index in [9.17, 15) is 9.59 Å². The van der Waals surface area contributed by atoms with Gasteiger partial charge in [-0.15, -0.1) is 0 Å². The van der Waals surface area contributed by atoms with E-state index in [1.165, 1.54) is 17.9 Å². The summed E-state index contributed by atoms with van der Waals surface area (Å²) in [6, 6.07) is 9.11. The third kappa shape index (κ3) is 4.62. The van der Waals surface area contributed by atoms with Crippen LogP contribution in [0.15, 0.2) is 41.0 Å². The van der Waals surface area contributed by atoms with Gasteiger partial charge in [-0.2, -0.15) is 0 Å². The number of hydrogen-bond donors (Lipinski definition) is 2. The molecule has 1 aromatic carbocycles. The third-order valence-corrected chi connectivity index (χ3v) is 3.51. The summed E-state index contributed by atoms with van der Waals surface area (Å²) in [5.74, 6) is 0.181. The minimum absolute atomic E-state index is 0.0609. The van der Waals surface area contributed by atoms with Crippen LogP contribution in [0.25, 0.3) is 0 Å². The second kappa shape index (κ2) is 7.21. The molecule has 1 aromatic heterocycles. The molecule has 24 heavy (non-hydrogen) atoms. The average Bonchev–Trinajstić information content (AvgIpc) is 2.96. The van der Waals surface area contributed by atoms with E-state index in [2.05, 4.69) is 31.6 Å². The van der Waals surface area contributed by atoms with Gasteiger partial charge >= 0.3 is 0 Å². The Morgan fingerprint density at radius 2 is 1.75 bits per heavy atom. The van der Waals surface area contributed by atoms with Crippen molar-refractivity contribution in [2.24, 2.45) is 0 Å². The van der Waals surface area contributed by atoms with Crippen LogP contribution in [0.3, 0.4) is 0 Å². The summed E-state index contributed by atoms with van der Waals surface area (Å²) in [7, 11) is 0. The van der Waals surface area contributed by atoms with Gasteiger partial charge < -0.3 is 9.15 Å². The Bertz CT molecular complexity index is 711. The molecule has 0 atom stereocenters. The molecule has 6 heteroatoms. The van der Waals surface area contributed by atoms with Crippen molar-refractivity contribution in [3.63, 3.8) is 0 Å². The van der Waals surface area contributed by atoms with Gasteiger partial charge in [-0.25, -0.2) is 0 Å². The molecule has 2 aromatic rings. The number of aryl methyl sites for hydroxylation is 1. The summed E-state index contributed by atoms with van der Waals surface area (Å²) in [5.41, 5.74) is 6.22. The first-order valence-corrected chi connectivity index (χ1v) is 7.64. The van der Waals surface area contributed by atoms with E-state index in [1.807, 2.05) is 24.3 Å². The monoisotopic (exact) mass is 330 g/mol. The highest BCUT2D eigenvalue weighted by atomic mass is 16.5. The number of rotatable bonds is 4. The van der Waals surface area contributed by atoms with Gasteiger partial charge in [0.2, 0.25) is 0 Å². The van der Waals surface area contributed by atoms with Crippen molar-refractivity contribution >= 4 is 11.8 Å². The Kier molecular flexibility index (Phi) is 5.28. The average molecular weight is 330 g/mol. The largest absolute Gasteiger partial charge is 0.484 e. The molecule has 1 heterocycles. The van der Waals surface area contributed by atoms with Gasteiger partial charge in [0.05, 0.1) is 11.8 Å². The first-order valence-electron chi connectivity index (χ1n) is 7.64. The molecule has 0 aliphatic carbocycles. The molecule has 0 saturated carbocycles. The lowest BCUT2D eigenvalue weighted by atomic mass is 9.87. The van der Waals surface area contributed by atoms with E-state index in [4.69, 9.17) is 9.15 Å². The topological polar surface area (TPSA) is 80.6 Å².